The van der Waals surface area contributed by atoms with Gasteiger partial charge in [-0.2, -0.15) is 4.98 Å². The van der Waals surface area contributed by atoms with E-state index in [0.717, 1.165) is 21.1 Å². The highest BCUT2D eigenvalue weighted by Gasteiger charge is 2.13. The molecule has 0 unspecified atom stereocenters. The first kappa shape index (κ1) is 15.1. The first-order chi connectivity index (χ1) is 10.5. The van der Waals surface area contributed by atoms with Crippen molar-refractivity contribution in [1.29, 1.82) is 0 Å². The highest BCUT2D eigenvalue weighted by atomic mass is 79.9. The number of halogens is 2. The molecule has 3 rings (SSSR count). The second-order valence-corrected chi connectivity index (χ2v) is 6.44. The Balaban J connectivity index is 2.45. The summed E-state index contributed by atoms with van der Waals surface area (Å²) >= 11 is 9.57. The number of benzene rings is 2. The summed E-state index contributed by atoms with van der Waals surface area (Å²) in [5.74, 6) is 0.628. The molecule has 22 heavy (non-hydrogen) atoms. The topological polar surface area (TPSA) is 38.1 Å². The molecule has 0 fully saturated rings. The lowest BCUT2D eigenvalue weighted by molar-refractivity contribution is 0.936. The van der Waals surface area contributed by atoms with Gasteiger partial charge in [-0.3, -0.25) is 4.57 Å². The fourth-order valence-electron chi connectivity index (χ4n) is 2.39. The number of rotatable bonds is 2. The predicted octanol–water partition coefficient (Wildman–Crippen LogP) is 3.87. The summed E-state index contributed by atoms with van der Waals surface area (Å²) in [7, 11) is 3.72. The van der Waals surface area contributed by atoms with E-state index in [1.54, 1.807) is 16.7 Å². The summed E-state index contributed by atoms with van der Waals surface area (Å²) in [6, 6.07) is 13.0. The van der Waals surface area contributed by atoms with Crippen molar-refractivity contribution in [2.75, 3.05) is 19.0 Å². The van der Waals surface area contributed by atoms with E-state index in [4.69, 9.17) is 11.6 Å². The maximum Gasteiger partial charge on any atom is 0.354 e. The van der Waals surface area contributed by atoms with Gasteiger partial charge in [0, 0.05) is 29.0 Å². The second-order valence-electron chi connectivity index (χ2n) is 5.09. The Labute approximate surface area is 141 Å². The lowest BCUT2D eigenvalue weighted by Crippen LogP contribution is -2.25. The van der Waals surface area contributed by atoms with Crippen LogP contribution in [0.1, 0.15) is 0 Å². The van der Waals surface area contributed by atoms with Gasteiger partial charge in [0.05, 0.1) is 11.2 Å². The van der Waals surface area contributed by atoms with E-state index >= 15 is 0 Å². The average Bonchev–Trinajstić information content (AvgIpc) is 2.45. The Kier molecular flexibility index (Phi) is 3.93. The molecule has 0 spiro atoms. The zero-order chi connectivity index (χ0) is 15.9. The minimum Gasteiger partial charge on any atom is -0.362 e. The highest BCUT2D eigenvalue weighted by molar-refractivity contribution is 9.10. The van der Waals surface area contributed by atoms with Gasteiger partial charge >= 0.3 is 5.69 Å². The number of anilines is 1. The largest absolute Gasteiger partial charge is 0.362 e. The number of hydrogen-bond acceptors (Lipinski definition) is 3. The van der Waals surface area contributed by atoms with Crippen molar-refractivity contribution in [3.05, 3.63) is 62.4 Å². The molecule has 1 aromatic heterocycles. The van der Waals surface area contributed by atoms with Gasteiger partial charge in [0.15, 0.2) is 0 Å². The number of hydrogen-bond donors (Lipinski definition) is 0. The maximum atomic E-state index is 12.5. The van der Waals surface area contributed by atoms with Crippen molar-refractivity contribution in [3.63, 3.8) is 0 Å². The third kappa shape index (κ3) is 2.62. The van der Waals surface area contributed by atoms with Crippen molar-refractivity contribution in [3.8, 4) is 5.69 Å². The van der Waals surface area contributed by atoms with Gasteiger partial charge in [-0.15, -0.1) is 0 Å². The van der Waals surface area contributed by atoms with Crippen LogP contribution >= 0.6 is 27.5 Å². The van der Waals surface area contributed by atoms with Crippen LogP contribution in [0.3, 0.4) is 0 Å². The van der Waals surface area contributed by atoms with Crippen LogP contribution in [-0.2, 0) is 0 Å². The molecule has 0 saturated carbocycles. The minimum atomic E-state index is -0.337. The molecular formula is C16H13BrClN3O. The van der Waals surface area contributed by atoms with Gasteiger partial charge in [0.25, 0.3) is 0 Å². The standard InChI is InChI=1S/C16H13BrClN3O/c1-20(2)15-13-7-6-11(18)9-14(13)21(16(22)19-15)12-5-3-4-10(17)8-12/h3-9H,1-2H3. The first-order valence-corrected chi connectivity index (χ1v) is 7.80. The molecule has 0 aliphatic carbocycles. The molecule has 0 aliphatic rings. The molecule has 0 N–H and O–H groups in total. The van der Waals surface area contributed by atoms with Crippen LogP contribution in [0.5, 0.6) is 0 Å². The third-order valence-electron chi connectivity index (χ3n) is 3.32. The summed E-state index contributed by atoms with van der Waals surface area (Å²) in [5.41, 5.74) is 1.13. The van der Waals surface area contributed by atoms with Gasteiger partial charge in [0.2, 0.25) is 0 Å². The molecule has 0 saturated heterocycles. The van der Waals surface area contributed by atoms with Crippen LogP contribution < -0.4 is 10.6 Å². The number of aromatic nitrogens is 2. The van der Waals surface area contributed by atoms with Crippen LogP contribution in [0, 0.1) is 0 Å². The van der Waals surface area contributed by atoms with Crippen LogP contribution in [-0.4, -0.2) is 23.6 Å². The van der Waals surface area contributed by atoms with Gasteiger partial charge in [-0.1, -0.05) is 33.6 Å². The third-order valence-corrected chi connectivity index (χ3v) is 4.05. The predicted molar refractivity (Wildman–Crippen MR) is 94.4 cm³/mol. The normalized spacial score (nSPS) is 10.9. The lowest BCUT2D eigenvalue weighted by Gasteiger charge is -2.17. The quantitative estimate of drug-likeness (QED) is 0.679. The van der Waals surface area contributed by atoms with Crippen molar-refractivity contribution in [1.82, 2.24) is 9.55 Å². The number of fused-ring (bicyclic) bond motifs is 1. The highest BCUT2D eigenvalue weighted by Crippen LogP contribution is 2.27. The van der Waals surface area contributed by atoms with Gasteiger partial charge < -0.3 is 4.90 Å². The zero-order valence-electron chi connectivity index (χ0n) is 12.0. The summed E-state index contributed by atoms with van der Waals surface area (Å²) in [6.45, 7) is 0. The summed E-state index contributed by atoms with van der Waals surface area (Å²) in [4.78, 5) is 18.6. The Hall–Kier alpha value is -1.85. The van der Waals surface area contributed by atoms with E-state index in [9.17, 15) is 4.79 Å². The van der Waals surface area contributed by atoms with Crippen molar-refractivity contribution < 1.29 is 0 Å². The minimum absolute atomic E-state index is 0.337. The molecule has 0 amide bonds. The molecule has 1 heterocycles. The van der Waals surface area contributed by atoms with Gasteiger partial charge in [-0.05, 0) is 36.4 Å². The average molecular weight is 379 g/mol. The number of nitrogens with zero attached hydrogens (tertiary/aromatic N) is 3. The van der Waals surface area contributed by atoms with E-state index in [1.165, 1.54) is 0 Å². The van der Waals surface area contributed by atoms with Gasteiger partial charge in [0.1, 0.15) is 5.82 Å². The summed E-state index contributed by atoms with van der Waals surface area (Å²) in [6.07, 6.45) is 0. The molecule has 0 atom stereocenters. The second kappa shape index (κ2) is 5.74. The Morgan fingerprint density at radius 2 is 1.95 bits per heavy atom. The zero-order valence-corrected chi connectivity index (χ0v) is 14.4. The fraction of sp³-hybridized carbons (Fsp3) is 0.125. The Morgan fingerprint density at radius 3 is 2.64 bits per heavy atom. The van der Waals surface area contributed by atoms with Crippen LogP contribution in [0.25, 0.3) is 16.6 Å². The van der Waals surface area contributed by atoms with Crippen LogP contribution in [0.2, 0.25) is 5.02 Å². The molecule has 112 valence electrons. The SMILES string of the molecule is CN(C)c1nc(=O)n(-c2cccc(Br)c2)c2cc(Cl)ccc12. The monoisotopic (exact) mass is 377 g/mol. The fourth-order valence-corrected chi connectivity index (χ4v) is 2.94. The molecule has 6 heteroatoms. The van der Waals surface area contributed by atoms with E-state index in [-0.39, 0.29) is 5.69 Å². The summed E-state index contributed by atoms with van der Waals surface area (Å²) in [5, 5.41) is 1.44. The Morgan fingerprint density at radius 1 is 1.18 bits per heavy atom. The van der Waals surface area contributed by atoms with Crippen LogP contribution in [0.4, 0.5) is 5.82 Å². The van der Waals surface area contributed by atoms with Crippen molar-refractivity contribution in [2.45, 2.75) is 0 Å². The van der Waals surface area contributed by atoms with Crippen molar-refractivity contribution in [2.24, 2.45) is 0 Å². The van der Waals surface area contributed by atoms with E-state index in [1.807, 2.05) is 49.3 Å². The Bertz CT molecular complexity index is 921. The molecular weight excluding hydrogens is 366 g/mol. The van der Waals surface area contributed by atoms with E-state index < -0.39 is 0 Å². The molecule has 2 aromatic carbocycles. The van der Waals surface area contributed by atoms with Crippen LogP contribution in [0.15, 0.2) is 51.7 Å². The molecule has 0 aliphatic heterocycles. The summed E-state index contributed by atoms with van der Waals surface area (Å²) < 4.78 is 2.46. The molecule has 0 radical (unpaired) electrons. The van der Waals surface area contributed by atoms with E-state index in [2.05, 4.69) is 20.9 Å². The van der Waals surface area contributed by atoms with Gasteiger partial charge in [-0.25, -0.2) is 4.79 Å². The molecule has 0 bridgehead atoms. The van der Waals surface area contributed by atoms with E-state index in [0.29, 0.717) is 10.8 Å². The van der Waals surface area contributed by atoms with Crippen molar-refractivity contribution >= 4 is 44.3 Å². The maximum absolute atomic E-state index is 12.5. The smallest absolute Gasteiger partial charge is 0.354 e. The first-order valence-electron chi connectivity index (χ1n) is 6.63. The lowest BCUT2D eigenvalue weighted by atomic mass is 10.2. The molecule has 3 aromatic rings. The molecule has 4 nitrogen and oxygen atoms in total.